The van der Waals surface area contributed by atoms with Crippen LogP contribution in [0.1, 0.15) is 18.3 Å². The lowest BCUT2D eigenvalue weighted by Gasteiger charge is -2.08. The molecule has 3 heterocycles. The Balaban J connectivity index is 1.22. The zero-order chi connectivity index (χ0) is 26.3. The molecule has 0 aliphatic rings. The number of hydrogen-bond donors (Lipinski definition) is 3. The number of pyridine rings is 2. The van der Waals surface area contributed by atoms with E-state index in [0.717, 1.165) is 34.4 Å². The molecular formula is C29H24FN7O. The number of rotatable bonds is 8. The smallest absolute Gasteiger partial charge is 0.244 e. The van der Waals surface area contributed by atoms with Crippen LogP contribution >= 0.6 is 0 Å². The van der Waals surface area contributed by atoms with Gasteiger partial charge in [-0.05, 0) is 66.1 Å². The molecular weight excluding hydrogens is 481 g/mol. The molecule has 2 aromatic carbocycles. The van der Waals surface area contributed by atoms with Crippen molar-refractivity contribution in [1.29, 1.82) is 0 Å². The molecule has 0 bridgehead atoms. The summed E-state index contributed by atoms with van der Waals surface area (Å²) in [6, 6.07) is 22.3. The quantitative estimate of drug-likeness (QED) is 0.170. The highest BCUT2D eigenvalue weighted by atomic mass is 19.1. The number of nitrogens with one attached hydrogen (secondary N) is 2. The zero-order valence-corrected chi connectivity index (χ0v) is 20.5. The van der Waals surface area contributed by atoms with Gasteiger partial charge in [0.05, 0.1) is 30.0 Å². The minimum atomic E-state index is -0.527. The molecule has 38 heavy (non-hydrogen) atoms. The minimum absolute atomic E-state index is 0.163. The maximum atomic E-state index is 14.4. The second-order valence-corrected chi connectivity index (χ2v) is 8.34. The number of aryl methyl sites for hydroxylation is 1. The highest BCUT2D eigenvalue weighted by molar-refractivity contribution is 5.78. The van der Waals surface area contributed by atoms with Crippen molar-refractivity contribution in [3.63, 3.8) is 0 Å². The van der Waals surface area contributed by atoms with Crippen LogP contribution in [0, 0.1) is 5.82 Å². The third-order valence-corrected chi connectivity index (χ3v) is 5.73. The van der Waals surface area contributed by atoms with Gasteiger partial charge in [-0.25, -0.2) is 19.8 Å². The van der Waals surface area contributed by atoms with Crippen molar-refractivity contribution in [2.75, 3.05) is 10.7 Å². The van der Waals surface area contributed by atoms with Crippen molar-refractivity contribution in [1.82, 2.24) is 19.9 Å². The number of phenols is 1. The van der Waals surface area contributed by atoms with E-state index in [2.05, 4.69) is 35.8 Å². The van der Waals surface area contributed by atoms with E-state index in [1.165, 1.54) is 6.21 Å². The number of hydrazone groups is 1. The minimum Gasteiger partial charge on any atom is -0.508 e. The topological polar surface area (TPSA) is 108 Å². The van der Waals surface area contributed by atoms with Crippen LogP contribution in [0.15, 0.2) is 96.5 Å². The normalized spacial score (nSPS) is 11.0. The van der Waals surface area contributed by atoms with Gasteiger partial charge in [-0.2, -0.15) is 5.10 Å². The highest BCUT2D eigenvalue weighted by Gasteiger charge is 2.13. The van der Waals surface area contributed by atoms with Crippen molar-refractivity contribution < 1.29 is 9.50 Å². The molecule has 9 heteroatoms. The van der Waals surface area contributed by atoms with Crippen LogP contribution in [0.25, 0.3) is 22.4 Å². The third kappa shape index (κ3) is 5.79. The summed E-state index contributed by atoms with van der Waals surface area (Å²) >= 11 is 0. The number of benzene rings is 2. The predicted octanol–water partition coefficient (Wildman–Crippen LogP) is 6.20. The summed E-state index contributed by atoms with van der Waals surface area (Å²) in [6.45, 7) is 1.96. The number of nitrogens with zero attached hydrogens (tertiary/aromatic N) is 5. The molecule has 8 nitrogen and oxygen atoms in total. The molecule has 3 N–H and O–H groups in total. The maximum absolute atomic E-state index is 14.4. The number of hydrogen-bond acceptors (Lipinski definition) is 8. The first-order valence-electron chi connectivity index (χ1n) is 12.0. The maximum Gasteiger partial charge on any atom is 0.244 e. The monoisotopic (exact) mass is 505 g/mol. The largest absolute Gasteiger partial charge is 0.508 e. The van der Waals surface area contributed by atoms with E-state index < -0.39 is 5.82 Å². The lowest BCUT2D eigenvalue weighted by molar-refractivity contribution is 0.475. The SMILES string of the molecule is CCc1ncccc1-c1nc(N/N=C/c2ccc(Nc3ccc(-c4cccc(O)c4)cc3)cn2)ncc1F. The van der Waals surface area contributed by atoms with E-state index in [4.69, 9.17) is 0 Å². The van der Waals surface area contributed by atoms with Gasteiger partial charge in [0.25, 0.3) is 0 Å². The average molecular weight is 506 g/mol. The fraction of sp³-hybridized carbons (Fsp3) is 0.0690. The van der Waals surface area contributed by atoms with Gasteiger partial charge in [0, 0.05) is 23.1 Å². The molecule has 0 atom stereocenters. The van der Waals surface area contributed by atoms with Crippen molar-refractivity contribution in [2.24, 2.45) is 5.10 Å². The van der Waals surface area contributed by atoms with Gasteiger partial charge in [-0.3, -0.25) is 9.97 Å². The first-order valence-corrected chi connectivity index (χ1v) is 12.0. The summed E-state index contributed by atoms with van der Waals surface area (Å²) in [6.07, 6.45) is 6.67. The Labute approximate surface area is 219 Å². The van der Waals surface area contributed by atoms with Gasteiger partial charge in [-0.1, -0.05) is 31.2 Å². The molecule has 0 radical (unpaired) electrons. The highest BCUT2D eigenvalue weighted by Crippen LogP contribution is 2.26. The van der Waals surface area contributed by atoms with Crippen LogP contribution in [0.2, 0.25) is 0 Å². The van der Waals surface area contributed by atoms with Crippen molar-refractivity contribution in [3.05, 3.63) is 109 Å². The van der Waals surface area contributed by atoms with Gasteiger partial charge in [-0.15, -0.1) is 0 Å². The van der Waals surface area contributed by atoms with Crippen molar-refractivity contribution >= 4 is 23.5 Å². The number of aromatic nitrogens is 4. The summed E-state index contributed by atoms with van der Waals surface area (Å²) in [5.41, 5.74) is 8.57. The van der Waals surface area contributed by atoms with Gasteiger partial charge in [0.1, 0.15) is 11.4 Å². The number of aromatic hydroxyl groups is 1. The van der Waals surface area contributed by atoms with Crippen LogP contribution in [0.3, 0.4) is 0 Å². The fourth-order valence-corrected chi connectivity index (χ4v) is 3.86. The second kappa shape index (κ2) is 11.3. The molecule has 0 spiro atoms. The van der Waals surface area contributed by atoms with E-state index >= 15 is 0 Å². The lowest BCUT2D eigenvalue weighted by Crippen LogP contribution is -2.02. The molecule has 0 saturated carbocycles. The Morgan fingerprint density at radius 3 is 2.50 bits per heavy atom. The summed E-state index contributed by atoms with van der Waals surface area (Å²) in [4.78, 5) is 16.9. The number of anilines is 3. The molecule has 0 unspecified atom stereocenters. The predicted molar refractivity (Wildman–Crippen MR) is 147 cm³/mol. The van der Waals surface area contributed by atoms with E-state index in [-0.39, 0.29) is 17.4 Å². The fourth-order valence-electron chi connectivity index (χ4n) is 3.86. The third-order valence-electron chi connectivity index (χ3n) is 5.73. The summed E-state index contributed by atoms with van der Waals surface area (Å²) < 4.78 is 14.4. The Morgan fingerprint density at radius 2 is 1.74 bits per heavy atom. The number of halogens is 1. The van der Waals surface area contributed by atoms with Crippen molar-refractivity contribution in [3.8, 4) is 28.1 Å². The summed E-state index contributed by atoms with van der Waals surface area (Å²) in [5.74, 6) is -0.128. The van der Waals surface area contributed by atoms with E-state index in [1.807, 2.05) is 55.5 Å². The Hall–Kier alpha value is -5.18. The Bertz CT molecular complexity index is 1570. The molecule has 5 aromatic rings. The van der Waals surface area contributed by atoms with Crippen LogP contribution in [-0.2, 0) is 6.42 Å². The first kappa shape index (κ1) is 24.5. The first-order chi connectivity index (χ1) is 18.6. The standard InChI is InChI=1S/C29H24FN7O/c1-2-27-25(7-4-14-31-27)28-26(30)18-33-29(36-28)37-34-17-22-12-13-23(16-32-22)35-21-10-8-19(9-11-21)20-5-3-6-24(38)15-20/h3-18,35,38H,2H2,1H3,(H,33,36,37)/b34-17+. The van der Waals surface area contributed by atoms with Gasteiger partial charge >= 0.3 is 0 Å². The molecule has 188 valence electrons. The summed E-state index contributed by atoms with van der Waals surface area (Å²) in [7, 11) is 0. The molecule has 0 saturated heterocycles. The Morgan fingerprint density at radius 1 is 0.895 bits per heavy atom. The van der Waals surface area contributed by atoms with Crippen molar-refractivity contribution in [2.45, 2.75) is 13.3 Å². The van der Waals surface area contributed by atoms with Gasteiger partial charge < -0.3 is 10.4 Å². The van der Waals surface area contributed by atoms with E-state index in [1.54, 1.807) is 36.7 Å². The van der Waals surface area contributed by atoms with Crippen LogP contribution in [0.4, 0.5) is 21.7 Å². The molecule has 5 rings (SSSR count). The van der Waals surface area contributed by atoms with E-state index in [9.17, 15) is 9.50 Å². The van der Waals surface area contributed by atoms with Gasteiger partial charge in [0.15, 0.2) is 5.82 Å². The van der Waals surface area contributed by atoms with Crippen LogP contribution in [0.5, 0.6) is 5.75 Å². The van der Waals surface area contributed by atoms with E-state index in [0.29, 0.717) is 17.7 Å². The summed E-state index contributed by atoms with van der Waals surface area (Å²) in [5, 5.41) is 17.1. The second-order valence-electron chi connectivity index (χ2n) is 8.34. The lowest BCUT2D eigenvalue weighted by atomic mass is 10.1. The molecule has 0 aliphatic carbocycles. The van der Waals surface area contributed by atoms with Crippen LogP contribution in [-0.4, -0.2) is 31.3 Å². The van der Waals surface area contributed by atoms with Gasteiger partial charge in [0.2, 0.25) is 5.95 Å². The molecule has 3 aromatic heterocycles. The number of phenolic OH excluding ortho intramolecular Hbond substituents is 1. The van der Waals surface area contributed by atoms with Crippen LogP contribution < -0.4 is 10.7 Å². The Kier molecular flexibility index (Phi) is 7.26. The molecule has 0 fully saturated rings. The zero-order valence-electron chi connectivity index (χ0n) is 20.5. The molecule has 0 aliphatic heterocycles. The average Bonchev–Trinajstić information content (AvgIpc) is 2.95. The molecule has 0 amide bonds.